The van der Waals surface area contributed by atoms with E-state index in [4.69, 9.17) is 4.98 Å². The summed E-state index contributed by atoms with van der Waals surface area (Å²) in [5.41, 5.74) is 3.30. The molecule has 2 aromatic heterocycles. The van der Waals surface area contributed by atoms with E-state index in [0.29, 0.717) is 11.5 Å². The summed E-state index contributed by atoms with van der Waals surface area (Å²) in [6.45, 7) is 3.61. The van der Waals surface area contributed by atoms with E-state index in [-0.39, 0.29) is 5.91 Å². The van der Waals surface area contributed by atoms with Crippen LogP contribution < -0.4 is 0 Å². The molecule has 3 aromatic rings. The van der Waals surface area contributed by atoms with Gasteiger partial charge in [-0.05, 0) is 62.1 Å². The Hall–Kier alpha value is -2.27. The molecule has 0 spiro atoms. The maximum Gasteiger partial charge on any atom is 0.254 e. The van der Waals surface area contributed by atoms with E-state index in [0.717, 1.165) is 39.7 Å². The Labute approximate surface area is 161 Å². The highest BCUT2D eigenvalue weighted by Crippen LogP contribution is 2.32. The molecule has 132 valence electrons. The van der Waals surface area contributed by atoms with Crippen LogP contribution in [0.3, 0.4) is 0 Å². The van der Waals surface area contributed by atoms with Crippen LogP contribution in [0.15, 0.2) is 53.3 Å². The summed E-state index contributed by atoms with van der Waals surface area (Å²) in [6.07, 6.45) is 5.95. The van der Waals surface area contributed by atoms with Crippen LogP contribution in [-0.2, 0) is 0 Å². The van der Waals surface area contributed by atoms with Crippen LogP contribution in [0.4, 0.5) is 0 Å². The van der Waals surface area contributed by atoms with Gasteiger partial charge in [0.25, 0.3) is 5.91 Å². The fourth-order valence-electron chi connectivity index (χ4n) is 3.18. The van der Waals surface area contributed by atoms with Gasteiger partial charge in [0.1, 0.15) is 0 Å². The predicted octanol–water partition coefficient (Wildman–Crippen LogP) is 4.93. The first-order valence-electron chi connectivity index (χ1n) is 8.95. The third-order valence-electron chi connectivity index (χ3n) is 4.82. The summed E-state index contributed by atoms with van der Waals surface area (Å²) in [7, 11) is 0. The van der Waals surface area contributed by atoms with Crippen LogP contribution in [0.5, 0.6) is 0 Å². The number of carbonyl (C=O) groups excluding carboxylic acids is 1. The Morgan fingerprint density at radius 1 is 1.19 bits per heavy atom. The lowest BCUT2D eigenvalue weighted by Crippen LogP contribution is -2.33. The van der Waals surface area contributed by atoms with Gasteiger partial charge in [-0.2, -0.15) is 0 Å². The maximum atomic E-state index is 13.3. The van der Waals surface area contributed by atoms with E-state index >= 15 is 0 Å². The first-order valence-corrected chi connectivity index (χ1v) is 9.75. The smallest absolute Gasteiger partial charge is 0.254 e. The Morgan fingerprint density at radius 3 is 2.65 bits per heavy atom. The lowest BCUT2D eigenvalue weighted by atomic mass is 10.0. The molecule has 1 amide bonds. The predicted molar refractivity (Wildman–Crippen MR) is 107 cm³/mol. The molecule has 1 fully saturated rings. The summed E-state index contributed by atoms with van der Waals surface area (Å²) in [6, 6.07) is 11.7. The van der Waals surface area contributed by atoms with Crippen LogP contribution in [0, 0.1) is 5.92 Å². The van der Waals surface area contributed by atoms with Gasteiger partial charge in [0.05, 0.1) is 16.8 Å². The second kappa shape index (κ2) is 7.16. The van der Waals surface area contributed by atoms with E-state index in [1.807, 2.05) is 48.2 Å². The molecule has 1 aromatic carbocycles. The quantitative estimate of drug-likeness (QED) is 0.599. The molecule has 0 atom stereocenters. The van der Waals surface area contributed by atoms with Gasteiger partial charge >= 0.3 is 0 Å². The summed E-state index contributed by atoms with van der Waals surface area (Å²) < 4.78 is 0.947. The van der Waals surface area contributed by atoms with Crippen LogP contribution in [-0.4, -0.2) is 33.9 Å². The van der Waals surface area contributed by atoms with Crippen molar-refractivity contribution in [3.63, 3.8) is 0 Å². The van der Waals surface area contributed by atoms with E-state index in [1.165, 1.54) is 12.8 Å². The van der Waals surface area contributed by atoms with Crippen molar-refractivity contribution in [1.29, 1.82) is 0 Å². The first-order chi connectivity index (χ1) is 12.7. The zero-order valence-electron chi connectivity index (χ0n) is 14.7. The third-order valence-corrected chi connectivity index (χ3v) is 5.31. The molecule has 0 aliphatic heterocycles. The number of halogens is 1. The Morgan fingerprint density at radius 2 is 1.96 bits per heavy atom. The molecule has 1 aliphatic carbocycles. The summed E-state index contributed by atoms with van der Waals surface area (Å²) >= 11 is 3.52. The molecule has 0 unspecified atom stereocenters. The molecule has 5 heteroatoms. The molecule has 0 radical (unpaired) electrons. The van der Waals surface area contributed by atoms with E-state index in [2.05, 4.69) is 20.9 Å². The average Bonchev–Trinajstić information content (AvgIpc) is 3.49. The van der Waals surface area contributed by atoms with Gasteiger partial charge in [-0.3, -0.25) is 9.78 Å². The van der Waals surface area contributed by atoms with Crippen molar-refractivity contribution in [1.82, 2.24) is 14.9 Å². The van der Waals surface area contributed by atoms with Crippen molar-refractivity contribution in [2.75, 3.05) is 13.1 Å². The topological polar surface area (TPSA) is 46.1 Å². The lowest BCUT2D eigenvalue weighted by molar-refractivity contribution is 0.0759. The Kier molecular flexibility index (Phi) is 4.72. The Bertz CT molecular complexity index is 954. The van der Waals surface area contributed by atoms with Crippen molar-refractivity contribution in [3.05, 3.63) is 58.8 Å². The normalized spacial score (nSPS) is 13.8. The second-order valence-electron chi connectivity index (χ2n) is 6.74. The highest BCUT2D eigenvalue weighted by molar-refractivity contribution is 9.10. The molecule has 1 saturated carbocycles. The maximum absolute atomic E-state index is 13.3. The minimum atomic E-state index is 0.0835. The van der Waals surface area contributed by atoms with Crippen LogP contribution in [0.1, 0.15) is 30.1 Å². The lowest BCUT2D eigenvalue weighted by Gasteiger charge is -2.22. The number of amides is 1. The zero-order valence-corrected chi connectivity index (χ0v) is 16.2. The summed E-state index contributed by atoms with van der Waals surface area (Å²) in [5, 5.41) is 0.886. The second-order valence-corrected chi connectivity index (χ2v) is 7.66. The van der Waals surface area contributed by atoms with Gasteiger partial charge in [0, 0.05) is 40.9 Å². The molecule has 0 N–H and O–H groups in total. The van der Waals surface area contributed by atoms with Crippen LogP contribution >= 0.6 is 15.9 Å². The number of carbonyl (C=O) groups is 1. The fraction of sp³-hybridized carbons (Fsp3) is 0.286. The number of hydrogen-bond acceptors (Lipinski definition) is 3. The van der Waals surface area contributed by atoms with Gasteiger partial charge in [-0.15, -0.1) is 0 Å². The number of benzene rings is 1. The van der Waals surface area contributed by atoms with Crippen molar-refractivity contribution in [3.8, 4) is 11.3 Å². The van der Waals surface area contributed by atoms with Gasteiger partial charge in [-0.1, -0.05) is 15.9 Å². The number of aromatic nitrogens is 2. The van der Waals surface area contributed by atoms with Crippen molar-refractivity contribution >= 4 is 32.7 Å². The molecule has 0 bridgehead atoms. The highest BCUT2D eigenvalue weighted by Gasteiger charge is 2.27. The van der Waals surface area contributed by atoms with Crippen molar-refractivity contribution in [2.45, 2.75) is 19.8 Å². The summed E-state index contributed by atoms with van der Waals surface area (Å²) in [5.74, 6) is 0.749. The standard InChI is InChI=1S/C21H20BrN3O/c1-2-25(13-14-3-4-14)21(26)18-12-20(15-7-9-23-10-8-15)24-19-6-5-16(22)11-17(18)19/h5-12,14H,2-4,13H2,1H3. The van der Waals surface area contributed by atoms with Crippen molar-refractivity contribution < 1.29 is 4.79 Å². The monoisotopic (exact) mass is 409 g/mol. The molecule has 1 aliphatic rings. The molecule has 4 nitrogen and oxygen atoms in total. The molecule has 2 heterocycles. The van der Waals surface area contributed by atoms with E-state index < -0.39 is 0 Å². The van der Waals surface area contributed by atoms with Gasteiger partial charge in [0.2, 0.25) is 0 Å². The van der Waals surface area contributed by atoms with Crippen LogP contribution in [0.2, 0.25) is 0 Å². The first kappa shape index (κ1) is 17.2. The van der Waals surface area contributed by atoms with Crippen LogP contribution in [0.25, 0.3) is 22.2 Å². The minimum absolute atomic E-state index is 0.0835. The zero-order chi connectivity index (χ0) is 18.1. The number of fused-ring (bicyclic) bond motifs is 1. The number of rotatable bonds is 5. The summed E-state index contributed by atoms with van der Waals surface area (Å²) in [4.78, 5) is 24.1. The molecular weight excluding hydrogens is 390 g/mol. The van der Waals surface area contributed by atoms with Crippen molar-refractivity contribution in [2.24, 2.45) is 5.92 Å². The third kappa shape index (κ3) is 3.49. The molecular formula is C21H20BrN3O. The fourth-order valence-corrected chi connectivity index (χ4v) is 3.54. The number of pyridine rings is 2. The van der Waals surface area contributed by atoms with Gasteiger partial charge < -0.3 is 4.90 Å². The van der Waals surface area contributed by atoms with E-state index in [1.54, 1.807) is 12.4 Å². The average molecular weight is 410 g/mol. The Balaban J connectivity index is 1.84. The molecule has 0 saturated heterocycles. The molecule has 26 heavy (non-hydrogen) atoms. The number of nitrogens with zero attached hydrogens (tertiary/aromatic N) is 3. The van der Waals surface area contributed by atoms with Gasteiger partial charge in [0.15, 0.2) is 0 Å². The largest absolute Gasteiger partial charge is 0.339 e. The number of hydrogen-bond donors (Lipinski definition) is 0. The minimum Gasteiger partial charge on any atom is -0.339 e. The van der Waals surface area contributed by atoms with E-state index in [9.17, 15) is 4.79 Å². The SMILES string of the molecule is CCN(CC1CC1)C(=O)c1cc(-c2ccncc2)nc2ccc(Br)cc12. The highest BCUT2D eigenvalue weighted by atomic mass is 79.9. The van der Waals surface area contributed by atoms with Gasteiger partial charge in [-0.25, -0.2) is 4.98 Å². The molecule has 4 rings (SSSR count).